The predicted octanol–water partition coefficient (Wildman–Crippen LogP) is 3.51. The molecule has 0 radical (unpaired) electrons. The summed E-state index contributed by atoms with van der Waals surface area (Å²) >= 11 is 0. The smallest absolute Gasteiger partial charge is 0.410 e. The number of benzene rings is 1. The summed E-state index contributed by atoms with van der Waals surface area (Å²) in [4.78, 5) is 25.9. The van der Waals surface area contributed by atoms with Crippen molar-refractivity contribution in [1.29, 1.82) is 0 Å². The van der Waals surface area contributed by atoms with Crippen LogP contribution in [0.5, 0.6) is 0 Å². The second kappa shape index (κ2) is 10.0. The molecule has 1 atom stereocenters. The van der Waals surface area contributed by atoms with Crippen LogP contribution >= 0.6 is 7.60 Å². The Labute approximate surface area is 165 Å². The van der Waals surface area contributed by atoms with Gasteiger partial charge < -0.3 is 18.5 Å². The van der Waals surface area contributed by atoms with E-state index in [1.807, 2.05) is 18.2 Å². The number of hydrogen-bond acceptors (Lipinski definition) is 7. The van der Waals surface area contributed by atoms with Crippen molar-refractivity contribution in [3.8, 4) is 0 Å². The van der Waals surface area contributed by atoms with Gasteiger partial charge in [0.25, 0.3) is 0 Å². The topological polar surface area (TPSA) is 91.4 Å². The third kappa shape index (κ3) is 5.34. The van der Waals surface area contributed by atoms with Gasteiger partial charge in [-0.2, -0.15) is 0 Å². The minimum atomic E-state index is -3.23. The van der Waals surface area contributed by atoms with E-state index in [1.54, 1.807) is 20.8 Å². The van der Waals surface area contributed by atoms with Crippen molar-refractivity contribution in [3.05, 3.63) is 34.9 Å². The summed E-state index contributed by atoms with van der Waals surface area (Å²) in [6.45, 7) is 6.30. The van der Waals surface area contributed by atoms with Crippen LogP contribution < -0.4 is 0 Å². The molecule has 1 unspecified atom stereocenters. The largest absolute Gasteiger partial charge is 0.464 e. The number of carbonyl (C=O) groups is 2. The molecule has 8 nitrogen and oxygen atoms in total. The van der Waals surface area contributed by atoms with E-state index >= 15 is 0 Å². The van der Waals surface area contributed by atoms with Gasteiger partial charge >= 0.3 is 19.7 Å². The standard InChI is InChI=1S/C19H28NO7P/c1-5-25-18(21)17-11-16-10-14(13-28(23,26-6-2)27-7-3)8-9-15(16)12-20(17)19(22)24-4/h8-10,17H,5-7,11-13H2,1-4H3. The highest BCUT2D eigenvalue weighted by atomic mass is 31.2. The summed E-state index contributed by atoms with van der Waals surface area (Å²) in [5, 5.41) is 0. The third-order valence-electron chi connectivity index (χ3n) is 4.40. The number of nitrogens with zero attached hydrogens (tertiary/aromatic N) is 1. The lowest BCUT2D eigenvalue weighted by atomic mass is 9.93. The van der Waals surface area contributed by atoms with Crippen LogP contribution in [0.1, 0.15) is 37.5 Å². The molecule has 1 heterocycles. The summed E-state index contributed by atoms with van der Waals surface area (Å²) in [6, 6.07) is 4.83. The van der Waals surface area contributed by atoms with Gasteiger partial charge in [-0.15, -0.1) is 0 Å². The second-order valence-corrected chi connectivity index (χ2v) is 8.33. The summed E-state index contributed by atoms with van der Waals surface area (Å²) < 4.78 is 33.5. The molecular formula is C19H28NO7P. The molecule has 2 rings (SSSR count). The predicted molar refractivity (Wildman–Crippen MR) is 103 cm³/mol. The van der Waals surface area contributed by atoms with E-state index in [2.05, 4.69) is 0 Å². The molecule has 28 heavy (non-hydrogen) atoms. The van der Waals surface area contributed by atoms with Crippen molar-refractivity contribution in [2.24, 2.45) is 0 Å². The number of hydrogen-bond donors (Lipinski definition) is 0. The monoisotopic (exact) mass is 413 g/mol. The summed E-state index contributed by atoms with van der Waals surface area (Å²) in [6.07, 6.45) is -0.137. The van der Waals surface area contributed by atoms with E-state index in [-0.39, 0.29) is 19.3 Å². The van der Waals surface area contributed by atoms with Crippen LogP contribution in [-0.4, -0.2) is 49.9 Å². The molecule has 9 heteroatoms. The fourth-order valence-electron chi connectivity index (χ4n) is 3.24. The van der Waals surface area contributed by atoms with Crippen LogP contribution in [0, 0.1) is 0 Å². The maximum absolute atomic E-state index is 12.8. The number of amides is 1. The third-order valence-corrected chi connectivity index (χ3v) is 6.45. The summed E-state index contributed by atoms with van der Waals surface area (Å²) in [5.74, 6) is -0.474. The normalized spacial score (nSPS) is 16.4. The van der Waals surface area contributed by atoms with Gasteiger partial charge in [0.2, 0.25) is 0 Å². The molecule has 0 fully saturated rings. The molecular weight excluding hydrogens is 385 g/mol. The maximum Gasteiger partial charge on any atom is 0.410 e. The molecule has 1 amide bonds. The average Bonchev–Trinajstić information content (AvgIpc) is 2.66. The summed E-state index contributed by atoms with van der Waals surface area (Å²) in [7, 11) is -1.95. The van der Waals surface area contributed by atoms with Crippen molar-refractivity contribution in [3.63, 3.8) is 0 Å². The van der Waals surface area contributed by atoms with Crippen LogP contribution in [0.15, 0.2) is 18.2 Å². The molecule has 1 aliphatic heterocycles. The lowest BCUT2D eigenvalue weighted by molar-refractivity contribution is -0.149. The Kier molecular flexibility index (Phi) is 8.04. The Hall–Kier alpha value is -1.89. The fourth-order valence-corrected chi connectivity index (χ4v) is 4.93. The zero-order chi connectivity index (χ0) is 20.7. The molecule has 0 saturated carbocycles. The van der Waals surface area contributed by atoms with Gasteiger partial charge in [-0.1, -0.05) is 18.2 Å². The maximum atomic E-state index is 12.8. The first-order valence-electron chi connectivity index (χ1n) is 9.37. The number of fused-ring (bicyclic) bond motifs is 1. The Morgan fingerprint density at radius 1 is 1.11 bits per heavy atom. The van der Waals surface area contributed by atoms with Crippen LogP contribution in [0.4, 0.5) is 4.79 Å². The van der Waals surface area contributed by atoms with Gasteiger partial charge in [-0.3, -0.25) is 9.46 Å². The lowest BCUT2D eigenvalue weighted by Crippen LogP contribution is -2.49. The van der Waals surface area contributed by atoms with Gasteiger partial charge in [-0.25, -0.2) is 9.59 Å². The summed E-state index contributed by atoms with van der Waals surface area (Å²) in [5.41, 5.74) is 2.59. The van der Waals surface area contributed by atoms with E-state index in [4.69, 9.17) is 18.5 Å². The van der Waals surface area contributed by atoms with Crippen molar-refractivity contribution >= 4 is 19.7 Å². The number of carbonyl (C=O) groups excluding carboxylic acids is 2. The minimum Gasteiger partial charge on any atom is -0.464 e. The number of methoxy groups -OCH3 is 1. The first kappa shape index (κ1) is 22.4. The highest BCUT2D eigenvalue weighted by Gasteiger charge is 2.36. The van der Waals surface area contributed by atoms with Crippen molar-refractivity contribution in [1.82, 2.24) is 4.90 Å². The zero-order valence-electron chi connectivity index (χ0n) is 16.8. The molecule has 0 N–H and O–H groups in total. The van der Waals surface area contributed by atoms with Crippen LogP contribution in [-0.2, 0) is 47.0 Å². The quantitative estimate of drug-likeness (QED) is 0.476. The Bertz CT molecular complexity index is 742. The Morgan fingerprint density at radius 2 is 1.79 bits per heavy atom. The first-order chi connectivity index (χ1) is 13.4. The highest BCUT2D eigenvalue weighted by Crippen LogP contribution is 2.51. The zero-order valence-corrected chi connectivity index (χ0v) is 17.7. The van der Waals surface area contributed by atoms with Gasteiger partial charge in [0.05, 0.1) is 39.6 Å². The van der Waals surface area contributed by atoms with E-state index in [9.17, 15) is 14.2 Å². The van der Waals surface area contributed by atoms with Gasteiger partial charge in [-0.05, 0) is 37.5 Å². The van der Waals surface area contributed by atoms with Crippen LogP contribution in [0.2, 0.25) is 0 Å². The molecule has 0 aromatic heterocycles. The van der Waals surface area contributed by atoms with Crippen LogP contribution in [0.25, 0.3) is 0 Å². The number of esters is 1. The second-order valence-electron chi connectivity index (χ2n) is 6.28. The lowest BCUT2D eigenvalue weighted by Gasteiger charge is -2.34. The molecule has 1 aromatic rings. The molecule has 156 valence electrons. The molecule has 0 saturated heterocycles. The molecule has 1 aliphatic rings. The van der Waals surface area contributed by atoms with E-state index < -0.39 is 25.7 Å². The Balaban J connectivity index is 2.30. The Morgan fingerprint density at radius 3 is 2.36 bits per heavy atom. The SMILES string of the molecule is CCOC(=O)C1Cc2cc(CP(=O)(OCC)OCC)ccc2CN1C(=O)OC. The van der Waals surface area contributed by atoms with Crippen LogP contribution in [0.3, 0.4) is 0 Å². The first-order valence-corrected chi connectivity index (χ1v) is 11.1. The molecule has 0 spiro atoms. The van der Waals surface area contributed by atoms with Crippen molar-refractivity contribution in [2.75, 3.05) is 26.9 Å². The molecule has 1 aromatic carbocycles. The van der Waals surface area contributed by atoms with E-state index in [0.29, 0.717) is 19.6 Å². The number of ether oxygens (including phenoxy) is 2. The van der Waals surface area contributed by atoms with E-state index in [0.717, 1.165) is 16.7 Å². The average molecular weight is 413 g/mol. The van der Waals surface area contributed by atoms with Gasteiger partial charge in [0, 0.05) is 6.42 Å². The van der Waals surface area contributed by atoms with E-state index in [1.165, 1.54) is 12.0 Å². The highest BCUT2D eigenvalue weighted by molar-refractivity contribution is 7.53. The van der Waals surface area contributed by atoms with Crippen molar-refractivity contribution < 1.29 is 32.7 Å². The fraction of sp³-hybridized carbons (Fsp3) is 0.579. The van der Waals surface area contributed by atoms with Crippen molar-refractivity contribution in [2.45, 2.75) is 45.9 Å². The molecule has 0 aliphatic carbocycles. The minimum absolute atomic E-state index is 0.146. The molecule has 0 bridgehead atoms. The van der Waals surface area contributed by atoms with Gasteiger partial charge in [0.15, 0.2) is 0 Å². The van der Waals surface area contributed by atoms with Gasteiger partial charge in [0.1, 0.15) is 6.04 Å². The number of rotatable bonds is 8.